The number of imide groups is 1. The molecule has 54 heavy (non-hydrogen) atoms. The van der Waals surface area contributed by atoms with Crippen LogP contribution in [0.3, 0.4) is 0 Å². The number of carbonyl (C=O) groups excluding carboxylic acids is 7. The normalized spacial score (nSPS) is 22.9. The average Bonchev–Trinajstić information content (AvgIpc) is 3.49. The first kappa shape index (κ1) is 44.6. The number of nitrogens with zero attached hydrogens (tertiary/aromatic N) is 2. The number of likely N-dealkylation sites (tertiary alicyclic amines) is 2. The van der Waals surface area contributed by atoms with Gasteiger partial charge in [-0.05, 0) is 60.2 Å². The molecule has 3 fully saturated rings. The maximum atomic E-state index is 14.9. The predicted octanol–water partition coefficient (Wildman–Crippen LogP) is 4.63. The molecule has 1 saturated carbocycles. The Morgan fingerprint density at radius 1 is 0.944 bits per heavy atom. The van der Waals surface area contributed by atoms with Gasteiger partial charge in [-0.15, -0.1) is 6.58 Å². The van der Waals surface area contributed by atoms with Crippen LogP contribution in [0.25, 0.3) is 0 Å². The van der Waals surface area contributed by atoms with Crippen LogP contribution in [0.15, 0.2) is 12.7 Å². The Balaban J connectivity index is 1.91. The minimum atomic E-state index is -1.05. The highest BCUT2D eigenvalue weighted by Gasteiger charge is 2.49. The number of hydrogen-bond donors (Lipinski definition) is 4. The minimum absolute atomic E-state index is 0.00899. The molecule has 0 radical (unpaired) electrons. The second-order valence-corrected chi connectivity index (χ2v) is 18.6. The SMILES string of the molecule is C=CCNC(=O)C(=O)C(CCC)NC(=O)[C@@H]1C[C@@H](CC(C)C)CN1C(=O)[C@@H](NC(=O)N[C@H](CN1C(=O)CC(C)(C)CC1=O)C(C)(C)C)C1(C)CCCCC1. The standard InChI is InChI=1S/C41H68N6O7/c1-11-16-28(33(50)36(52)42-19-12-2)43-35(51)29-21-27(20-26(3)4)24-46(29)37(53)34(41(10)17-14-13-15-18-41)45-38(54)44-30(39(5,6)7)25-47-31(48)22-40(8,9)23-32(47)49/h12,26-30,34H,2,11,13-25H2,1,3-10H3,(H,42,52)(H,43,51)(H2,44,45,54)/t27-,28?,29+,30-,34-/m1/s1. The highest BCUT2D eigenvalue weighted by Crippen LogP contribution is 2.41. The van der Waals surface area contributed by atoms with Gasteiger partial charge in [-0.2, -0.15) is 0 Å². The van der Waals surface area contributed by atoms with Crippen molar-refractivity contribution in [2.75, 3.05) is 19.6 Å². The van der Waals surface area contributed by atoms with E-state index in [1.54, 1.807) is 4.90 Å². The molecule has 7 amide bonds. The van der Waals surface area contributed by atoms with E-state index in [0.717, 1.165) is 25.7 Å². The van der Waals surface area contributed by atoms with Gasteiger partial charge in [0.1, 0.15) is 12.1 Å². The fourth-order valence-corrected chi connectivity index (χ4v) is 8.30. The van der Waals surface area contributed by atoms with Crippen LogP contribution in [0.4, 0.5) is 4.79 Å². The number of urea groups is 1. The highest BCUT2D eigenvalue weighted by molar-refractivity contribution is 6.38. The first-order chi connectivity index (χ1) is 25.1. The lowest BCUT2D eigenvalue weighted by atomic mass is 9.70. The first-order valence-corrected chi connectivity index (χ1v) is 20.1. The van der Waals surface area contributed by atoms with Crippen molar-refractivity contribution in [3.63, 3.8) is 0 Å². The van der Waals surface area contributed by atoms with Crippen molar-refractivity contribution in [2.45, 2.75) is 157 Å². The van der Waals surface area contributed by atoms with E-state index in [0.29, 0.717) is 38.1 Å². The molecule has 0 aromatic rings. The fourth-order valence-electron chi connectivity index (χ4n) is 8.30. The van der Waals surface area contributed by atoms with E-state index in [2.05, 4.69) is 41.7 Å². The molecule has 2 heterocycles. The summed E-state index contributed by atoms with van der Waals surface area (Å²) in [5.41, 5.74) is -1.58. The van der Waals surface area contributed by atoms with E-state index in [4.69, 9.17) is 0 Å². The van der Waals surface area contributed by atoms with Gasteiger partial charge >= 0.3 is 6.03 Å². The Morgan fingerprint density at radius 3 is 2.09 bits per heavy atom. The lowest BCUT2D eigenvalue weighted by molar-refractivity contribution is -0.153. The first-order valence-electron chi connectivity index (χ1n) is 20.1. The monoisotopic (exact) mass is 757 g/mol. The molecule has 13 nitrogen and oxygen atoms in total. The van der Waals surface area contributed by atoms with E-state index in [9.17, 15) is 33.6 Å². The van der Waals surface area contributed by atoms with Crippen molar-refractivity contribution in [3.8, 4) is 0 Å². The lowest BCUT2D eigenvalue weighted by Crippen LogP contribution is -2.63. The quantitative estimate of drug-likeness (QED) is 0.101. The summed E-state index contributed by atoms with van der Waals surface area (Å²) < 4.78 is 0. The summed E-state index contributed by atoms with van der Waals surface area (Å²) in [6.45, 7) is 21.6. The summed E-state index contributed by atoms with van der Waals surface area (Å²) >= 11 is 0. The molecule has 3 rings (SSSR count). The third-order valence-electron chi connectivity index (χ3n) is 11.4. The van der Waals surface area contributed by atoms with Crippen LogP contribution in [-0.2, 0) is 28.8 Å². The number of ketones is 1. The molecule has 0 aromatic carbocycles. The molecular weight excluding hydrogens is 688 g/mol. The van der Waals surface area contributed by atoms with Crippen molar-refractivity contribution >= 4 is 41.4 Å². The molecule has 2 aliphatic heterocycles. The van der Waals surface area contributed by atoms with Crippen molar-refractivity contribution in [1.29, 1.82) is 0 Å². The number of carbonyl (C=O) groups is 7. The van der Waals surface area contributed by atoms with Crippen molar-refractivity contribution in [2.24, 2.45) is 28.1 Å². The number of Topliss-reactive ketones (excluding diaryl/α,β-unsaturated/α-hetero) is 1. The molecule has 3 aliphatic rings. The molecule has 13 heteroatoms. The number of rotatable bonds is 16. The summed E-state index contributed by atoms with van der Waals surface area (Å²) in [7, 11) is 0. The second kappa shape index (κ2) is 18.7. The lowest BCUT2D eigenvalue weighted by Gasteiger charge is -2.43. The van der Waals surface area contributed by atoms with E-state index in [1.807, 2.05) is 48.5 Å². The maximum Gasteiger partial charge on any atom is 0.315 e. The van der Waals surface area contributed by atoms with E-state index in [-0.39, 0.29) is 56.0 Å². The molecular formula is C41H68N6O7. The van der Waals surface area contributed by atoms with Crippen LogP contribution in [0.1, 0.15) is 133 Å². The topological polar surface area (TPSA) is 174 Å². The van der Waals surface area contributed by atoms with Crippen LogP contribution < -0.4 is 21.3 Å². The van der Waals surface area contributed by atoms with Crippen LogP contribution in [0.5, 0.6) is 0 Å². The summed E-state index contributed by atoms with van der Waals surface area (Å²) in [5, 5.41) is 11.3. The highest BCUT2D eigenvalue weighted by atomic mass is 16.2. The van der Waals surface area contributed by atoms with Crippen molar-refractivity contribution in [1.82, 2.24) is 31.1 Å². The zero-order chi connectivity index (χ0) is 40.6. The Hall–Kier alpha value is -3.77. The molecule has 1 unspecified atom stereocenters. The van der Waals surface area contributed by atoms with Gasteiger partial charge in [0.05, 0.1) is 12.1 Å². The second-order valence-electron chi connectivity index (χ2n) is 18.6. The van der Waals surface area contributed by atoms with Gasteiger partial charge < -0.3 is 26.2 Å². The van der Waals surface area contributed by atoms with Gasteiger partial charge in [0.15, 0.2) is 0 Å². The Bertz CT molecular complexity index is 1390. The maximum absolute atomic E-state index is 14.9. The van der Waals surface area contributed by atoms with Crippen LogP contribution in [0, 0.1) is 28.1 Å². The minimum Gasteiger partial charge on any atom is -0.346 e. The smallest absolute Gasteiger partial charge is 0.315 e. The molecule has 4 N–H and O–H groups in total. The van der Waals surface area contributed by atoms with Crippen molar-refractivity contribution in [3.05, 3.63) is 12.7 Å². The van der Waals surface area contributed by atoms with Gasteiger partial charge in [0.2, 0.25) is 29.4 Å². The molecule has 5 atom stereocenters. The zero-order valence-electron chi connectivity index (χ0n) is 34.4. The summed E-state index contributed by atoms with van der Waals surface area (Å²) in [4.78, 5) is 97.7. The van der Waals surface area contributed by atoms with E-state index in [1.165, 1.54) is 11.0 Å². The zero-order valence-corrected chi connectivity index (χ0v) is 34.4. The van der Waals surface area contributed by atoms with Crippen molar-refractivity contribution < 1.29 is 33.6 Å². The Labute approximate surface area is 322 Å². The molecule has 0 bridgehead atoms. The Morgan fingerprint density at radius 2 is 1.56 bits per heavy atom. The van der Waals surface area contributed by atoms with Crippen LogP contribution in [-0.4, -0.2) is 95.0 Å². The summed E-state index contributed by atoms with van der Waals surface area (Å²) in [6, 6.07) is -4.12. The average molecular weight is 757 g/mol. The van der Waals surface area contributed by atoms with Crippen LogP contribution >= 0.6 is 0 Å². The van der Waals surface area contributed by atoms with Gasteiger partial charge in [0.25, 0.3) is 5.91 Å². The molecule has 1 aliphatic carbocycles. The fraction of sp³-hybridized carbons (Fsp3) is 0.780. The molecule has 2 saturated heterocycles. The summed E-state index contributed by atoms with van der Waals surface area (Å²) in [6.07, 6.45) is 8.09. The molecule has 304 valence electrons. The third kappa shape index (κ3) is 11.9. The molecule has 0 aromatic heterocycles. The number of piperidine rings is 1. The van der Waals surface area contributed by atoms with Gasteiger partial charge in [-0.25, -0.2) is 4.79 Å². The van der Waals surface area contributed by atoms with Gasteiger partial charge in [0, 0.05) is 32.5 Å². The number of hydrogen-bond acceptors (Lipinski definition) is 7. The number of amides is 7. The van der Waals surface area contributed by atoms with Gasteiger partial charge in [-0.3, -0.25) is 33.7 Å². The third-order valence-corrected chi connectivity index (χ3v) is 11.4. The van der Waals surface area contributed by atoms with Gasteiger partial charge in [-0.1, -0.05) is 94.1 Å². The summed E-state index contributed by atoms with van der Waals surface area (Å²) in [5.74, 6) is -2.64. The van der Waals surface area contributed by atoms with E-state index < -0.39 is 64.0 Å². The predicted molar refractivity (Wildman–Crippen MR) is 208 cm³/mol. The van der Waals surface area contributed by atoms with E-state index >= 15 is 0 Å². The largest absolute Gasteiger partial charge is 0.346 e. The van der Waals surface area contributed by atoms with Crippen LogP contribution in [0.2, 0.25) is 0 Å². The Kier molecular flexibility index (Phi) is 15.5. The number of nitrogens with one attached hydrogen (secondary N) is 4. The molecule has 0 spiro atoms.